The molecule has 3 unspecified atom stereocenters. The van der Waals surface area contributed by atoms with Gasteiger partial charge in [-0.05, 0) is 20.3 Å². The van der Waals surface area contributed by atoms with Gasteiger partial charge in [-0.15, -0.1) is 0 Å². The van der Waals surface area contributed by atoms with Crippen LogP contribution in [0.25, 0.3) is 0 Å². The minimum absolute atomic E-state index is 0.136. The summed E-state index contributed by atoms with van der Waals surface area (Å²) >= 11 is 2.05. The third-order valence-electron chi connectivity index (χ3n) is 2.52. The quantitative estimate of drug-likeness (QED) is 0.445. The Kier molecular flexibility index (Phi) is 4.40. The molecule has 5 nitrogen and oxygen atoms in total. The fourth-order valence-electron chi connectivity index (χ4n) is 1.09. The van der Waals surface area contributed by atoms with E-state index in [1.807, 2.05) is 6.92 Å². The van der Waals surface area contributed by atoms with Crippen molar-refractivity contribution in [1.29, 1.82) is 0 Å². The van der Waals surface area contributed by atoms with Crippen molar-refractivity contribution < 1.29 is 23.8 Å². The number of hydrogen-bond acceptors (Lipinski definition) is 5. The van der Waals surface area contributed by atoms with Gasteiger partial charge < -0.3 is 14.2 Å². The largest absolute Gasteiger partial charge is 0.508 e. The molecule has 1 rings (SSSR count). The van der Waals surface area contributed by atoms with Crippen LogP contribution in [0.4, 0.5) is 4.79 Å². The van der Waals surface area contributed by atoms with Gasteiger partial charge in [0.25, 0.3) is 0 Å². The van der Waals surface area contributed by atoms with Crippen molar-refractivity contribution in [2.45, 2.75) is 42.8 Å². The zero-order valence-corrected chi connectivity index (χ0v) is 11.6. The van der Waals surface area contributed by atoms with Gasteiger partial charge in [-0.1, -0.05) is 29.5 Å². The van der Waals surface area contributed by atoms with Gasteiger partial charge in [0.05, 0.1) is 0 Å². The van der Waals surface area contributed by atoms with Crippen LogP contribution in [-0.4, -0.2) is 34.4 Å². The molecule has 0 N–H and O–H groups in total. The molecule has 0 aromatic heterocycles. The molecule has 0 amide bonds. The lowest BCUT2D eigenvalue weighted by Gasteiger charge is -2.23. The Labute approximate surface area is 108 Å². The molecule has 16 heavy (non-hydrogen) atoms. The second-order valence-electron chi connectivity index (χ2n) is 3.88. The van der Waals surface area contributed by atoms with Crippen LogP contribution in [0.1, 0.15) is 27.2 Å². The first kappa shape index (κ1) is 13.5. The van der Waals surface area contributed by atoms with Crippen LogP contribution in [-0.2, 0) is 19.0 Å². The molecule has 1 saturated heterocycles. The lowest BCUT2D eigenvalue weighted by atomic mass is 10.1. The van der Waals surface area contributed by atoms with Gasteiger partial charge in [0.1, 0.15) is 16.1 Å². The van der Waals surface area contributed by atoms with E-state index in [0.717, 1.165) is 0 Å². The van der Waals surface area contributed by atoms with E-state index in [9.17, 15) is 9.59 Å². The van der Waals surface area contributed by atoms with Crippen molar-refractivity contribution in [2.75, 3.05) is 6.61 Å². The number of carbonyl (C=O) groups excluding carboxylic acids is 2. The fourth-order valence-corrected chi connectivity index (χ4v) is 1.21. The molecule has 6 heteroatoms. The van der Waals surface area contributed by atoms with Crippen molar-refractivity contribution in [3.63, 3.8) is 0 Å². The van der Waals surface area contributed by atoms with Crippen molar-refractivity contribution in [3.05, 3.63) is 0 Å². The van der Waals surface area contributed by atoms with E-state index >= 15 is 0 Å². The molecule has 0 aliphatic carbocycles. The predicted octanol–water partition coefficient (Wildman–Crippen LogP) is 2.06. The minimum atomic E-state index is -0.708. The molecule has 1 aliphatic heterocycles. The maximum Gasteiger partial charge on any atom is 0.508 e. The number of alkyl halides is 1. The molecule has 0 radical (unpaired) electrons. The highest BCUT2D eigenvalue weighted by atomic mass is 127. The zero-order chi connectivity index (χ0) is 12.3. The first-order valence-corrected chi connectivity index (χ1v) is 6.18. The number of carbonyl (C=O) groups is 2. The highest BCUT2D eigenvalue weighted by Crippen LogP contribution is 2.25. The molecule has 1 aliphatic rings. The first-order chi connectivity index (χ1) is 7.36. The molecule has 1 heterocycles. The summed E-state index contributed by atoms with van der Waals surface area (Å²) in [5.74, 6) is -0.300. The second-order valence-corrected chi connectivity index (χ2v) is 6.26. The average molecular weight is 342 g/mol. The van der Waals surface area contributed by atoms with E-state index in [4.69, 9.17) is 9.47 Å². The lowest BCUT2D eigenvalue weighted by Crippen LogP contribution is -2.37. The monoisotopic (exact) mass is 342 g/mol. The molecule has 92 valence electrons. The Morgan fingerprint density at radius 3 is 2.81 bits per heavy atom. The van der Waals surface area contributed by atoms with Gasteiger partial charge in [0.15, 0.2) is 6.10 Å². The van der Waals surface area contributed by atoms with Crippen molar-refractivity contribution in [1.82, 2.24) is 0 Å². The van der Waals surface area contributed by atoms with Gasteiger partial charge >= 0.3 is 12.1 Å². The number of hydrogen-bond donors (Lipinski definition) is 0. The van der Waals surface area contributed by atoms with Crippen molar-refractivity contribution >= 4 is 34.7 Å². The van der Waals surface area contributed by atoms with Crippen molar-refractivity contribution in [3.8, 4) is 0 Å². The number of ether oxygens (including phenoxy) is 3. The van der Waals surface area contributed by atoms with Gasteiger partial charge in [0, 0.05) is 0 Å². The van der Waals surface area contributed by atoms with Crippen LogP contribution in [0.2, 0.25) is 0 Å². The summed E-state index contributed by atoms with van der Waals surface area (Å²) in [4.78, 5) is 22.4. The van der Waals surface area contributed by atoms with Crippen LogP contribution in [0.5, 0.6) is 0 Å². The summed E-state index contributed by atoms with van der Waals surface area (Å²) in [6, 6.07) is 0. The SMILES string of the molecule is CCC(C)(I)C(=O)OC(C)C1COC(=O)O1. The standard InChI is InChI=1S/C10H15IO5/c1-4-10(3,11)8(12)15-6(2)7-5-14-9(13)16-7/h6-7H,4-5H2,1-3H3. The van der Waals surface area contributed by atoms with Crippen molar-refractivity contribution in [2.24, 2.45) is 0 Å². The maximum absolute atomic E-state index is 11.7. The third-order valence-corrected chi connectivity index (χ3v) is 3.72. The minimum Gasteiger partial charge on any atom is -0.458 e. The normalized spacial score (nSPS) is 25.2. The topological polar surface area (TPSA) is 61.8 Å². The van der Waals surface area contributed by atoms with Gasteiger partial charge in [-0.3, -0.25) is 4.79 Å². The Bertz CT molecular complexity index is 289. The average Bonchev–Trinajstić information content (AvgIpc) is 2.64. The molecule has 0 aromatic carbocycles. The van der Waals surface area contributed by atoms with Gasteiger partial charge in [0.2, 0.25) is 0 Å². The first-order valence-electron chi connectivity index (χ1n) is 5.10. The van der Waals surface area contributed by atoms with Crippen LogP contribution in [0.15, 0.2) is 0 Å². The Morgan fingerprint density at radius 2 is 2.38 bits per heavy atom. The summed E-state index contributed by atoms with van der Waals surface area (Å²) in [7, 11) is 0. The number of esters is 1. The van der Waals surface area contributed by atoms with Crippen LogP contribution in [0, 0.1) is 0 Å². The number of cyclic esters (lactones) is 2. The highest BCUT2D eigenvalue weighted by molar-refractivity contribution is 14.1. The maximum atomic E-state index is 11.7. The smallest absolute Gasteiger partial charge is 0.458 e. The lowest BCUT2D eigenvalue weighted by molar-refractivity contribution is -0.154. The van der Waals surface area contributed by atoms with Gasteiger partial charge in [-0.2, -0.15) is 0 Å². The molecule has 0 saturated carbocycles. The Balaban J connectivity index is 2.48. The van der Waals surface area contributed by atoms with Crippen LogP contribution < -0.4 is 0 Å². The van der Waals surface area contributed by atoms with E-state index in [2.05, 4.69) is 27.3 Å². The van der Waals surface area contributed by atoms with Crippen LogP contribution >= 0.6 is 22.6 Å². The fraction of sp³-hybridized carbons (Fsp3) is 0.800. The second kappa shape index (κ2) is 5.20. The van der Waals surface area contributed by atoms with E-state index < -0.39 is 21.8 Å². The predicted molar refractivity (Wildman–Crippen MR) is 64.5 cm³/mol. The summed E-state index contributed by atoms with van der Waals surface area (Å²) in [5, 5.41) is 0. The number of rotatable bonds is 4. The molecule has 1 fully saturated rings. The number of halogens is 1. The van der Waals surface area contributed by atoms with E-state index in [-0.39, 0.29) is 12.6 Å². The molecule has 0 bridgehead atoms. The van der Waals surface area contributed by atoms with E-state index in [1.165, 1.54) is 0 Å². The van der Waals surface area contributed by atoms with E-state index in [1.54, 1.807) is 13.8 Å². The Morgan fingerprint density at radius 1 is 1.75 bits per heavy atom. The summed E-state index contributed by atoms with van der Waals surface area (Å²) in [5.41, 5.74) is 0. The molecular formula is C10H15IO5. The zero-order valence-electron chi connectivity index (χ0n) is 9.49. The summed E-state index contributed by atoms with van der Waals surface area (Å²) < 4.78 is 14.1. The highest BCUT2D eigenvalue weighted by Gasteiger charge is 2.36. The van der Waals surface area contributed by atoms with Gasteiger partial charge in [-0.25, -0.2) is 4.79 Å². The molecular weight excluding hydrogens is 327 g/mol. The summed E-state index contributed by atoms with van der Waals surface area (Å²) in [6.07, 6.45) is -1.01. The Hall–Kier alpha value is -0.530. The molecule has 3 atom stereocenters. The summed E-state index contributed by atoms with van der Waals surface area (Å²) in [6.45, 7) is 5.54. The van der Waals surface area contributed by atoms with Crippen LogP contribution in [0.3, 0.4) is 0 Å². The molecule has 0 aromatic rings. The molecule has 0 spiro atoms. The van der Waals surface area contributed by atoms with E-state index in [0.29, 0.717) is 6.42 Å². The third kappa shape index (κ3) is 3.23.